The summed E-state index contributed by atoms with van der Waals surface area (Å²) in [5, 5.41) is 9.28. The van der Waals surface area contributed by atoms with Crippen LogP contribution in [-0.4, -0.2) is 20.4 Å². The number of benzene rings is 1. The average molecular weight is 216 g/mol. The SMILES string of the molecule is Cn1cncc1C(=O)Cc1cccc(O)c1. The number of phenolic OH excluding ortho intramolecular Hbond substituents is 1. The third-order valence-electron chi connectivity index (χ3n) is 2.38. The third kappa shape index (κ3) is 2.11. The molecule has 4 heteroatoms. The van der Waals surface area contributed by atoms with Gasteiger partial charge in [-0.2, -0.15) is 0 Å². The zero-order valence-corrected chi connectivity index (χ0v) is 8.92. The second-order valence-electron chi connectivity index (χ2n) is 3.66. The highest BCUT2D eigenvalue weighted by molar-refractivity contribution is 5.95. The van der Waals surface area contributed by atoms with Crippen LogP contribution < -0.4 is 0 Å². The summed E-state index contributed by atoms with van der Waals surface area (Å²) >= 11 is 0. The van der Waals surface area contributed by atoms with E-state index < -0.39 is 0 Å². The molecule has 1 aromatic heterocycles. The number of imidazole rings is 1. The van der Waals surface area contributed by atoms with Gasteiger partial charge in [-0.15, -0.1) is 0 Å². The van der Waals surface area contributed by atoms with Crippen LogP contribution in [0, 0.1) is 0 Å². The van der Waals surface area contributed by atoms with Crippen LogP contribution in [0.25, 0.3) is 0 Å². The highest BCUT2D eigenvalue weighted by Gasteiger charge is 2.10. The molecule has 0 unspecified atom stereocenters. The molecule has 0 radical (unpaired) electrons. The number of carbonyl (C=O) groups excluding carboxylic acids is 1. The number of aromatic hydroxyl groups is 1. The van der Waals surface area contributed by atoms with Gasteiger partial charge in [0, 0.05) is 13.5 Å². The van der Waals surface area contributed by atoms with Crippen LogP contribution in [0.5, 0.6) is 5.75 Å². The molecule has 0 saturated heterocycles. The quantitative estimate of drug-likeness (QED) is 0.792. The molecule has 0 aliphatic carbocycles. The van der Waals surface area contributed by atoms with E-state index in [1.54, 1.807) is 42.3 Å². The van der Waals surface area contributed by atoms with Gasteiger partial charge in [0.1, 0.15) is 11.4 Å². The summed E-state index contributed by atoms with van der Waals surface area (Å²) < 4.78 is 1.69. The van der Waals surface area contributed by atoms with Crippen molar-refractivity contribution in [2.75, 3.05) is 0 Å². The second kappa shape index (κ2) is 4.18. The van der Waals surface area contributed by atoms with Crippen molar-refractivity contribution < 1.29 is 9.90 Å². The van der Waals surface area contributed by atoms with E-state index in [9.17, 15) is 9.90 Å². The zero-order valence-electron chi connectivity index (χ0n) is 8.92. The van der Waals surface area contributed by atoms with Crippen molar-refractivity contribution >= 4 is 5.78 Å². The largest absolute Gasteiger partial charge is 0.508 e. The maximum Gasteiger partial charge on any atom is 0.185 e. The topological polar surface area (TPSA) is 55.1 Å². The molecular formula is C12H12N2O2. The lowest BCUT2D eigenvalue weighted by molar-refractivity contribution is 0.0985. The number of hydrogen-bond acceptors (Lipinski definition) is 3. The molecule has 0 saturated carbocycles. The van der Waals surface area contributed by atoms with Crippen molar-refractivity contribution in [2.45, 2.75) is 6.42 Å². The minimum atomic E-state index is -0.00870. The minimum Gasteiger partial charge on any atom is -0.508 e. The van der Waals surface area contributed by atoms with Gasteiger partial charge in [0.15, 0.2) is 5.78 Å². The van der Waals surface area contributed by atoms with E-state index in [0.717, 1.165) is 5.56 Å². The number of nitrogens with zero attached hydrogens (tertiary/aromatic N) is 2. The second-order valence-corrected chi connectivity index (χ2v) is 3.66. The average Bonchev–Trinajstić information content (AvgIpc) is 2.64. The molecular weight excluding hydrogens is 204 g/mol. The minimum absolute atomic E-state index is 0.00870. The predicted octanol–water partition coefficient (Wildman–Crippen LogP) is 1.55. The summed E-state index contributed by atoms with van der Waals surface area (Å²) in [5.41, 5.74) is 1.37. The molecule has 0 spiro atoms. The number of phenols is 1. The molecule has 82 valence electrons. The Morgan fingerprint density at radius 1 is 1.50 bits per heavy atom. The molecule has 16 heavy (non-hydrogen) atoms. The molecule has 2 rings (SSSR count). The summed E-state index contributed by atoms with van der Waals surface area (Å²) in [4.78, 5) is 15.8. The van der Waals surface area contributed by atoms with E-state index in [0.29, 0.717) is 5.69 Å². The third-order valence-corrected chi connectivity index (χ3v) is 2.38. The monoisotopic (exact) mass is 216 g/mol. The molecule has 2 aromatic rings. The number of ketones is 1. The van der Waals surface area contributed by atoms with Crippen molar-refractivity contribution in [3.63, 3.8) is 0 Å². The highest BCUT2D eigenvalue weighted by atomic mass is 16.3. The fraction of sp³-hybridized carbons (Fsp3) is 0.167. The van der Waals surface area contributed by atoms with Crippen LogP contribution >= 0.6 is 0 Å². The summed E-state index contributed by atoms with van der Waals surface area (Å²) in [6.07, 6.45) is 3.41. The summed E-state index contributed by atoms with van der Waals surface area (Å²) in [7, 11) is 1.78. The maximum absolute atomic E-state index is 11.9. The van der Waals surface area contributed by atoms with Crippen molar-refractivity contribution in [3.05, 3.63) is 48.0 Å². The molecule has 1 N–H and O–H groups in total. The van der Waals surface area contributed by atoms with Gasteiger partial charge in [0.2, 0.25) is 0 Å². The van der Waals surface area contributed by atoms with E-state index in [-0.39, 0.29) is 18.0 Å². The first kappa shape index (κ1) is 10.4. The normalized spacial score (nSPS) is 10.3. The Hall–Kier alpha value is -2.10. The summed E-state index contributed by atoms with van der Waals surface area (Å²) in [5.74, 6) is 0.168. The standard InChI is InChI=1S/C12H12N2O2/c1-14-8-13-7-11(14)12(16)6-9-3-2-4-10(15)5-9/h2-5,7-8,15H,6H2,1H3. The number of rotatable bonds is 3. The molecule has 0 amide bonds. The number of aryl methyl sites for hydroxylation is 1. The van der Waals surface area contributed by atoms with Gasteiger partial charge in [-0.3, -0.25) is 4.79 Å². The molecule has 0 aliphatic heterocycles. The van der Waals surface area contributed by atoms with Crippen LogP contribution in [-0.2, 0) is 13.5 Å². The smallest absolute Gasteiger partial charge is 0.185 e. The summed E-state index contributed by atoms with van der Waals surface area (Å²) in [6, 6.07) is 6.71. The van der Waals surface area contributed by atoms with Gasteiger partial charge in [-0.25, -0.2) is 4.98 Å². The molecule has 0 aliphatic rings. The lowest BCUT2D eigenvalue weighted by Crippen LogP contribution is -2.08. The first-order valence-electron chi connectivity index (χ1n) is 4.94. The van der Waals surface area contributed by atoms with Gasteiger partial charge in [0.05, 0.1) is 12.5 Å². The fourth-order valence-electron chi connectivity index (χ4n) is 1.57. The van der Waals surface area contributed by atoms with Crippen LogP contribution in [0.1, 0.15) is 16.1 Å². The van der Waals surface area contributed by atoms with Crippen LogP contribution in [0.3, 0.4) is 0 Å². The van der Waals surface area contributed by atoms with Gasteiger partial charge < -0.3 is 9.67 Å². The lowest BCUT2D eigenvalue weighted by Gasteiger charge is -2.02. The highest BCUT2D eigenvalue weighted by Crippen LogP contribution is 2.13. The Kier molecular flexibility index (Phi) is 2.72. The molecule has 1 heterocycles. The molecule has 4 nitrogen and oxygen atoms in total. The van der Waals surface area contributed by atoms with Gasteiger partial charge >= 0.3 is 0 Å². The number of hydrogen-bond donors (Lipinski definition) is 1. The summed E-state index contributed by atoms with van der Waals surface area (Å²) in [6.45, 7) is 0. The first-order valence-corrected chi connectivity index (χ1v) is 4.94. The van der Waals surface area contributed by atoms with E-state index in [2.05, 4.69) is 4.98 Å². The molecule has 0 fully saturated rings. The van der Waals surface area contributed by atoms with Crippen molar-refractivity contribution in [2.24, 2.45) is 7.05 Å². The predicted molar refractivity (Wildman–Crippen MR) is 59.3 cm³/mol. The molecule has 1 aromatic carbocycles. The Morgan fingerprint density at radius 2 is 2.31 bits per heavy atom. The van der Waals surface area contributed by atoms with E-state index in [1.807, 2.05) is 6.07 Å². The first-order chi connectivity index (χ1) is 7.66. The fourth-order valence-corrected chi connectivity index (χ4v) is 1.57. The van der Waals surface area contributed by atoms with E-state index >= 15 is 0 Å². The van der Waals surface area contributed by atoms with Gasteiger partial charge in [-0.1, -0.05) is 12.1 Å². The Bertz CT molecular complexity index is 517. The van der Waals surface area contributed by atoms with Crippen LogP contribution in [0.4, 0.5) is 0 Å². The van der Waals surface area contributed by atoms with Crippen LogP contribution in [0.2, 0.25) is 0 Å². The Morgan fingerprint density at radius 3 is 2.94 bits per heavy atom. The van der Waals surface area contributed by atoms with Gasteiger partial charge in [-0.05, 0) is 17.7 Å². The van der Waals surface area contributed by atoms with E-state index in [4.69, 9.17) is 0 Å². The Balaban J connectivity index is 2.17. The number of aromatic nitrogens is 2. The van der Waals surface area contributed by atoms with Crippen molar-refractivity contribution in [1.82, 2.24) is 9.55 Å². The maximum atomic E-state index is 11.9. The Labute approximate surface area is 93.2 Å². The van der Waals surface area contributed by atoms with Crippen LogP contribution in [0.15, 0.2) is 36.8 Å². The van der Waals surface area contributed by atoms with Gasteiger partial charge in [0.25, 0.3) is 0 Å². The number of carbonyl (C=O) groups is 1. The zero-order chi connectivity index (χ0) is 11.5. The number of Topliss-reactive ketones (excluding diaryl/α,β-unsaturated/α-hetero) is 1. The molecule has 0 atom stereocenters. The van der Waals surface area contributed by atoms with E-state index in [1.165, 1.54) is 0 Å². The van der Waals surface area contributed by atoms with Crippen molar-refractivity contribution in [1.29, 1.82) is 0 Å². The molecule has 0 bridgehead atoms. The van der Waals surface area contributed by atoms with Crippen molar-refractivity contribution in [3.8, 4) is 5.75 Å². The lowest BCUT2D eigenvalue weighted by atomic mass is 10.1.